The van der Waals surface area contributed by atoms with Gasteiger partial charge in [-0.25, -0.2) is 0 Å². The Bertz CT molecular complexity index is 493. The lowest BCUT2D eigenvalue weighted by Crippen LogP contribution is -2.48. The maximum Gasteiger partial charge on any atom is 0.191 e. The third-order valence-corrected chi connectivity index (χ3v) is 4.79. The molecule has 0 spiro atoms. The number of halogens is 1. The van der Waals surface area contributed by atoms with E-state index in [1.807, 2.05) is 19.2 Å². The van der Waals surface area contributed by atoms with Crippen LogP contribution in [0.1, 0.15) is 38.2 Å². The summed E-state index contributed by atoms with van der Waals surface area (Å²) in [5.41, 5.74) is 1.33. The fourth-order valence-corrected chi connectivity index (χ4v) is 3.28. The molecular weight excluding hydrogens is 320 g/mol. The van der Waals surface area contributed by atoms with Gasteiger partial charge in [0.15, 0.2) is 5.96 Å². The Hall–Kier alpha value is -1.26. The van der Waals surface area contributed by atoms with Crippen molar-refractivity contribution in [3.8, 4) is 0 Å². The van der Waals surface area contributed by atoms with Crippen molar-refractivity contribution in [2.24, 2.45) is 4.99 Å². The van der Waals surface area contributed by atoms with Crippen LogP contribution >= 0.6 is 11.6 Å². The number of hydrogen-bond acceptors (Lipinski definition) is 2. The van der Waals surface area contributed by atoms with Crippen molar-refractivity contribution in [1.29, 1.82) is 0 Å². The molecule has 4 nitrogen and oxygen atoms in total. The molecule has 0 aliphatic carbocycles. The highest BCUT2D eigenvalue weighted by atomic mass is 35.5. The first-order valence-electron chi connectivity index (χ1n) is 9.15. The van der Waals surface area contributed by atoms with Crippen LogP contribution in [0.15, 0.2) is 29.3 Å². The first-order valence-corrected chi connectivity index (χ1v) is 9.53. The van der Waals surface area contributed by atoms with Crippen molar-refractivity contribution in [2.75, 3.05) is 33.2 Å². The summed E-state index contributed by atoms with van der Waals surface area (Å²) in [6, 6.07) is 8.64. The molecule has 1 fully saturated rings. The third kappa shape index (κ3) is 6.70. The van der Waals surface area contributed by atoms with Gasteiger partial charge in [-0.15, -0.1) is 0 Å². The van der Waals surface area contributed by atoms with Crippen LogP contribution in [0.25, 0.3) is 0 Å². The molecule has 0 radical (unpaired) electrons. The summed E-state index contributed by atoms with van der Waals surface area (Å²) in [5, 5.41) is 7.80. The number of hydrogen-bond donors (Lipinski definition) is 2. The Morgan fingerprint density at radius 3 is 2.58 bits per heavy atom. The average Bonchev–Trinajstić information content (AvgIpc) is 2.61. The van der Waals surface area contributed by atoms with E-state index in [1.54, 1.807) is 0 Å². The van der Waals surface area contributed by atoms with Gasteiger partial charge in [-0.1, -0.05) is 30.7 Å². The Morgan fingerprint density at radius 2 is 1.96 bits per heavy atom. The van der Waals surface area contributed by atoms with Crippen LogP contribution in [0.2, 0.25) is 5.02 Å². The van der Waals surface area contributed by atoms with Gasteiger partial charge in [-0.3, -0.25) is 4.99 Å². The molecule has 0 aromatic heterocycles. The molecule has 1 aromatic rings. The fourth-order valence-electron chi connectivity index (χ4n) is 3.16. The molecule has 1 aromatic carbocycles. The molecule has 1 saturated heterocycles. The molecule has 0 bridgehead atoms. The molecule has 0 amide bonds. The summed E-state index contributed by atoms with van der Waals surface area (Å²) < 4.78 is 0. The number of guanidine groups is 1. The molecule has 1 heterocycles. The topological polar surface area (TPSA) is 39.7 Å². The molecule has 134 valence electrons. The minimum Gasteiger partial charge on any atom is -0.356 e. The summed E-state index contributed by atoms with van der Waals surface area (Å²) in [7, 11) is 1.85. The average molecular weight is 351 g/mol. The van der Waals surface area contributed by atoms with Crippen LogP contribution in [0.5, 0.6) is 0 Å². The van der Waals surface area contributed by atoms with E-state index in [4.69, 9.17) is 11.6 Å². The number of likely N-dealkylation sites (tertiary alicyclic amines) is 1. The molecule has 1 aliphatic heterocycles. The van der Waals surface area contributed by atoms with E-state index in [2.05, 4.69) is 39.6 Å². The second-order valence-electron chi connectivity index (χ2n) is 6.49. The van der Waals surface area contributed by atoms with E-state index in [0.29, 0.717) is 6.04 Å². The lowest BCUT2D eigenvalue weighted by atomic mass is 10.1. The second-order valence-corrected chi connectivity index (χ2v) is 6.93. The van der Waals surface area contributed by atoms with Crippen LogP contribution in [0.4, 0.5) is 0 Å². The smallest absolute Gasteiger partial charge is 0.191 e. The van der Waals surface area contributed by atoms with Gasteiger partial charge in [0, 0.05) is 37.7 Å². The van der Waals surface area contributed by atoms with Crippen LogP contribution < -0.4 is 10.6 Å². The molecule has 2 rings (SSSR count). The minimum atomic E-state index is 0.542. The standard InChI is InChI=1S/C19H31ClN4/c1-3-13-24-14-10-18(11-15-24)23-19(21-2)22-12-4-5-16-6-8-17(20)9-7-16/h6-9,18H,3-5,10-15H2,1-2H3,(H2,21,22,23). The molecular formula is C19H31ClN4. The van der Waals surface area contributed by atoms with E-state index in [-0.39, 0.29) is 0 Å². The summed E-state index contributed by atoms with van der Waals surface area (Å²) in [6.07, 6.45) is 5.78. The lowest BCUT2D eigenvalue weighted by Gasteiger charge is -2.32. The van der Waals surface area contributed by atoms with E-state index >= 15 is 0 Å². The number of aliphatic imine (C=N–C) groups is 1. The number of nitrogens with one attached hydrogen (secondary N) is 2. The van der Waals surface area contributed by atoms with Crippen molar-refractivity contribution in [3.63, 3.8) is 0 Å². The van der Waals surface area contributed by atoms with E-state index in [0.717, 1.165) is 30.4 Å². The summed E-state index contributed by atoms with van der Waals surface area (Å²) >= 11 is 5.91. The minimum absolute atomic E-state index is 0.542. The Labute approximate surface area is 151 Å². The predicted molar refractivity (Wildman–Crippen MR) is 104 cm³/mol. The largest absolute Gasteiger partial charge is 0.356 e. The maximum absolute atomic E-state index is 5.91. The highest BCUT2D eigenvalue weighted by Crippen LogP contribution is 2.11. The van der Waals surface area contributed by atoms with Gasteiger partial charge in [0.1, 0.15) is 0 Å². The van der Waals surface area contributed by atoms with Gasteiger partial charge in [-0.2, -0.15) is 0 Å². The number of nitrogens with zero attached hydrogens (tertiary/aromatic N) is 2. The Morgan fingerprint density at radius 1 is 1.25 bits per heavy atom. The second kappa shape index (κ2) is 10.6. The van der Waals surface area contributed by atoms with Crippen LogP contribution in [-0.4, -0.2) is 50.1 Å². The summed E-state index contributed by atoms with van der Waals surface area (Å²) in [5.74, 6) is 0.931. The predicted octanol–water partition coefficient (Wildman–Crippen LogP) is 3.31. The SMILES string of the molecule is CCCN1CCC(NC(=NC)NCCCc2ccc(Cl)cc2)CC1. The van der Waals surface area contributed by atoms with Gasteiger partial charge < -0.3 is 15.5 Å². The molecule has 24 heavy (non-hydrogen) atoms. The quantitative estimate of drug-likeness (QED) is 0.450. The van der Waals surface area contributed by atoms with Gasteiger partial charge in [0.05, 0.1) is 0 Å². The first kappa shape index (κ1) is 19.1. The molecule has 1 aliphatic rings. The van der Waals surface area contributed by atoms with E-state index < -0.39 is 0 Å². The summed E-state index contributed by atoms with van der Waals surface area (Å²) in [6.45, 7) is 6.79. The number of piperidine rings is 1. The lowest BCUT2D eigenvalue weighted by molar-refractivity contribution is 0.206. The highest BCUT2D eigenvalue weighted by molar-refractivity contribution is 6.30. The van der Waals surface area contributed by atoms with Crippen molar-refractivity contribution in [3.05, 3.63) is 34.9 Å². The molecule has 0 unspecified atom stereocenters. The number of aryl methyl sites for hydroxylation is 1. The van der Waals surface area contributed by atoms with Crippen molar-refractivity contribution < 1.29 is 0 Å². The van der Waals surface area contributed by atoms with E-state index in [1.165, 1.54) is 44.5 Å². The molecule has 5 heteroatoms. The van der Waals surface area contributed by atoms with Crippen molar-refractivity contribution >= 4 is 17.6 Å². The number of rotatable bonds is 7. The van der Waals surface area contributed by atoms with Gasteiger partial charge >= 0.3 is 0 Å². The highest BCUT2D eigenvalue weighted by Gasteiger charge is 2.19. The van der Waals surface area contributed by atoms with Crippen LogP contribution in [0.3, 0.4) is 0 Å². The zero-order valence-electron chi connectivity index (χ0n) is 15.0. The maximum atomic E-state index is 5.91. The first-order chi connectivity index (χ1) is 11.7. The van der Waals surface area contributed by atoms with Crippen LogP contribution in [-0.2, 0) is 6.42 Å². The van der Waals surface area contributed by atoms with Crippen molar-refractivity contribution in [1.82, 2.24) is 15.5 Å². The van der Waals surface area contributed by atoms with E-state index in [9.17, 15) is 0 Å². The zero-order chi connectivity index (χ0) is 17.2. The zero-order valence-corrected chi connectivity index (χ0v) is 15.8. The Kier molecular flexibility index (Phi) is 8.40. The third-order valence-electron chi connectivity index (χ3n) is 4.54. The monoisotopic (exact) mass is 350 g/mol. The van der Waals surface area contributed by atoms with Gasteiger partial charge in [0.25, 0.3) is 0 Å². The fraction of sp³-hybridized carbons (Fsp3) is 0.632. The molecule has 2 N–H and O–H groups in total. The molecule has 0 atom stereocenters. The van der Waals surface area contributed by atoms with Gasteiger partial charge in [-0.05, 0) is 56.3 Å². The summed E-state index contributed by atoms with van der Waals surface area (Å²) in [4.78, 5) is 6.91. The molecule has 0 saturated carbocycles. The van der Waals surface area contributed by atoms with Gasteiger partial charge in [0.2, 0.25) is 0 Å². The Balaban J connectivity index is 1.63. The van der Waals surface area contributed by atoms with Crippen LogP contribution in [0, 0.1) is 0 Å². The van der Waals surface area contributed by atoms with Crippen molar-refractivity contribution in [2.45, 2.75) is 45.1 Å². The number of benzene rings is 1. The normalized spacial score (nSPS) is 17.0.